The van der Waals surface area contributed by atoms with Gasteiger partial charge in [0.1, 0.15) is 6.54 Å². The van der Waals surface area contributed by atoms with E-state index in [9.17, 15) is 19.2 Å². The zero-order valence-corrected chi connectivity index (χ0v) is 17.2. The number of para-hydroxylation sites is 1. The molecule has 0 saturated carbocycles. The van der Waals surface area contributed by atoms with Crippen LogP contribution in [0.3, 0.4) is 0 Å². The number of methoxy groups -OCH3 is 1. The number of nitrogens with zero attached hydrogens (tertiary/aromatic N) is 1. The van der Waals surface area contributed by atoms with E-state index in [0.29, 0.717) is 39.4 Å². The van der Waals surface area contributed by atoms with Crippen molar-refractivity contribution in [3.8, 4) is 11.5 Å². The maximum absolute atomic E-state index is 12.3. The van der Waals surface area contributed by atoms with Gasteiger partial charge in [-0.2, -0.15) is 0 Å². The molecule has 1 aliphatic heterocycles. The van der Waals surface area contributed by atoms with Crippen molar-refractivity contribution in [2.24, 2.45) is 0 Å². The molecule has 1 aliphatic rings. The number of amides is 3. The number of thioether (sulfide) groups is 1. The average Bonchev–Trinajstić information content (AvgIpc) is 3.00. The van der Waals surface area contributed by atoms with Crippen LogP contribution in [0.25, 0.3) is 6.08 Å². The van der Waals surface area contributed by atoms with Crippen molar-refractivity contribution >= 4 is 46.5 Å². The van der Waals surface area contributed by atoms with E-state index in [-0.39, 0.29) is 17.4 Å². The molecule has 10 heteroatoms. The number of carbonyl (C=O) groups excluding carboxylic acids is 3. The van der Waals surface area contributed by atoms with E-state index in [1.54, 1.807) is 42.5 Å². The molecule has 160 valence electrons. The highest BCUT2D eigenvalue weighted by Gasteiger charge is 2.36. The topological polar surface area (TPSA) is 122 Å². The van der Waals surface area contributed by atoms with Crippen LogP contribution in [-0.4, -0.2) is 53.3 Å². The predicted octanol–water partition coefficient (Wildman–Crippen LogP) is 2.83. The number of anilines is 1. The first-order chi connectivity index (χ1) is 14.9. The molecule has 2 aromatic carbocycles. The highest BCUT2D eigenvalue weighted by Crippen LogP contribution is 2.34. The molecule has 0 radical (unpaired) electrons. The van der Waals surface area contributed by atoms with Crippen LogP contribution in [0, 0.1) is 0 Å². The van der Waals surface area contributed by atoms with Crippen molar-refractivity contribution in [2.75, 3.05) is 25.6 Å². The monoisotopic (exact) mass is 442 g/mol. The Bertz CT molecular complexity index is 1050. The van der Waals surface area contributed by atoms with E-state index in [2.05, 4.69) is 5.32 Å². The fourth-order valence-corrected chi connectivity index (χ4v) is 3.52. The third kappa shape index (κ3) is 5.64. The van der Waals surface area contributed by atoms with Crippen molar-refractivity contribution in [1.82, 2.24) is 4.90 Å². The average molecular weight is 442 g/mol. The summed E-state index contributed by atoms with van der Waals surface area (Å²) in [4.78, 5) is 47.7. The molecule has 0 aliphatic carbocycles. The summed E-state index contributed by atoms with van der Waals surface area (Å²) in [5, 5.41) is 10.9. The van der Waals surface area contributed by atoms with Gasteiger partial charge < -0.3 is 19.9 Å². The molecule has 9 nitrogen and oxygen atoms in total. The Balaban J connectivity index is 1.68. The largest absolute Gasteiger partial charge is 0.493 e. The first kappa shape index (κ1) is 21.9. The van der Waals surface area contributed by atoms with Crippen LogP contribution in [0.1, 0.15) is 5.56 Å². The zero-order chi connectivity index (χ0) is 22.4. The number of hydrogen-bond acceptors (Lipinski definition) is 7. The van der Waals surface area contributed by atoms with Gasteiger partial charge in [-0.3, -0.25) is 24.1 Å². The third-order valence-electron chi connectivity index (χ3n) is 4.07. The lowest BCUT2D eigenvalue weighted by molar-refractivity contribution is -0.140. The number of benzene rings is 2. The normalized spacial score (nSPS) is 14.6. The standard InChI is InChI=1S/C21H18N2O7S/c1-29-16-9-13(10-17-20(27)23(11-19(25)26)21(28)31-17)7-8-15(16)30-12-18(24)22-14-5-3-2-4-6-14/h2-10H,11-12H2,1H3,(H,22,24)(H,25,26)/b17-10+. The van der Waals surface area contributed by atoms with Gasteiger partial charge in [-0.15, -0.1) is 0 Å². The number of carbonyl (C=O) groups is 4. The number of ether oxygens (including phenoxy) is 2. The first-order valence-corrected chi connectivity index (χ1v) is 9.82. The molecule has 0 atom stereocenters. The summed E-state index contributed by atoms with van der Waals surface area (Å²) in [6, 6.07) is 13.7. The molecule has 2 N–H and O–H groups in total. The van der Waals surface area contributed by atoms with Crippen LogP contribution >= 0.6 is 11.8 Å². The van der Waals surface area contributed by atoms with Gasteiger partial charge in [0.2, 0.25) is 0 Å². The first-order valence-electron chi connectivity index (χ1n) is 9.00. The molecule has 1 saturated heterocycles. The van der Waals surface area contributed by atoms with Crippen LogP contribution in [0.4, 0.5) is 10.5 Å². The van der Waals surface area contributed by atoms with Crippen molar-refractivity contribution in [1.29, 1.82) is 0 Å². The van der Waals surface area contributed by atoms with E-state index in [1.807, 2.05) is 6.07 Å². The van der Waals surface area contributed by atoms with Crippen LogP contribution in [-0.2, 0) is 14.4 Å². The van der Waals surface area contributed by atoms with Crippen LogP contribution in [0.5, 0.6) is 11.5 Å². The summed E-state index contributed by atoms with van der Waals surface area (Å²) in [5.74, 6) is -1.64. The molecular weight excluding hydrogens is 424 g/mol. The Morgan fingerprint density at radius 3 is 2.55 bits per heavy atom. The van der Waals surface area contributed by atoms with Gasteiger partial charge >= 0.3 is 5.97 Å². The summed E-state index contributed by atoms with van der Waals surface area (Å²) in [7, 11) is 1.43. The molecule has 0 aromatic heterocycles. The van der Waals surface area contributed by atoms with Crippen molar-refractivity contribution in [2.45, 2.75) is 0 Å². The van der Waals surface area contributed by atoms with Crippen LogP contribution in [0.2, 0.25) is 0 Å². The lowest BCUT2D eigenvalue weighted by Crippen LogP contribution is -2.33. The van der Waals surface area contributed by atoms with E-state index in [4.69, 9.17) is 14.6 Å². The van der Waals surface area contributed by atoms with E-state index >= 15 is 0 Å². The van der Waals surface area contributed by atoms with Crippen LogP contribution in [0.15, 0.2) is 53.4 Å². The molecule has 0 unspecified atom stereocenters. The lowest BCUT2D eigenvalue weighted by atomic mass is 10.2. The van der Waals surface area contributed by atoms with E-state index < -0.39 is 23.7 Å². The highest BCUT2D eigenvalue weighted by molar-refractivity contribution is 8.18. The lowest BCUT2D eigenvalue weighted by Gasteiger charge is -2.12. The SMILES string of the molecule is COc1cc(/C=C2/SC(=O)N(CC(=O)O)C2=O)ccc1OCC(=O)Nc1ccccc1. The fourth-order valence-electron chi connectivity index (χ4n) is 2.68. The summed E-state index contributed by atoms with van der Waals surface area (Å²) >= 11 is 0.662. The highest BCUT2D eigenvalue weighted by atomic mass is 32.2. The molecular formula is C21H18N2O7S. The maximum atomic E-state index is 12.3. The molecule has 1 heterocycles. The Morgan fingerprint density at radius 1 is 1.13 bits per heavy atom. The predicted molar refractivity (Wildman–Crippen MR) is 114 cm³/mol. The summed E-state index contributed by atoms with van der Waals surface area (Å²) < 4.78 is 10.8. The Hall–Kier alpha value is -3.79. The molecule has 31 heavy (non-hydrogen) atoms. The molecule has 3 rings (SSSR count). The minimum absolute atomic E-state index is 0.101. The minimum atomic E-state index is -1.27. The van der Waals surface area contributed by atoms with Gasteiger partial charge in [-0.25, -0.2) is 0 Å². The van der Waals surface area contributed by atoms with Crippen molar-refractivity contribution < 1.29 is 33.8 Å². The van der Waals surface area contributed by atoms with Crippen molar-refractivity contribution in [3.63, 3.8) is 0 Å². The summed E-state index contributed by atoms with van der Waals surface area (Å²) in [5.41, 5.74) is 1.19. The number of imide groups is 1. The number of rotatable bonds is 8. The molecule has 0 spiro atoms. The van der Waals surface area contributed by atoms with Crippen molar-refractivity contribution in [3.05, 3.63) is 59.0 Å². The minimum Gasteiger partial charge on any atom is -0.493 e. The van der Waals surface area contributed by atoms with Gasteiger partial charge in [0.25, 0.3) is 17.1 Å². The number of carboxylic acids is 1. The van der Waals surface area contributed by atoms with Gasteiger partial charge in [0, 0.05) is 5.69 Å². The second-order valence-electron chi connectivity index (χ2n) is 6.27. The number of hydrogen-bond donors (Lipinski definition) is 2. The maximum Gasteiger partial charge on any atom is 0.323 e. The van der Waals surface area contributed by atoms with Crippen LogP contribution < -0.4 is 14.8 Å². The molecule has 2 aromatic rings. The number of aliphatic carboxylic acids is 1. The molecule has 0 bridgehead atoms. The Morgan fingerprint density at radius 2 is 1.87 bits per heavy atom. The van der Waals surface area contributed by atoms with Gasteiger partial charge in [0.05, 0.1) is 12.0 Å². The zero-order valence-electron chi connectivity index (χ0n) is 16.4. The quantitative estimate of drug-likeness (QED) is 0.599. The van der Waals surface area contributed by atoms with E-state index in [0.717, 1.165) is 0 Å². The molecule has 3 amide bonds. The van der Waals surface area contributed by atoms with Gasteiger partial charge in [0.15, 0.2) is 18.1 Å². The Labute approximate surface area is 181 Å². The fraction of sp³-hybridized carbons (Fsp3) is 0.143. The summed E-state index contributed by atoms with van der Waals surface area (Å²) in [6.07, 6.45) is 1.46. The third-order valence-corrected chi connectivity index (χ3v) is 4.98. The Kier molecular flexibility index (Phi) is 6.93. The number of nitrogens with one attached hydrogen (secondary N) is 1. The molecule has 1 fully saturated rings. The smallest absolute Gasteiger partial charge is 0.323 e. The van der Waals surface area contributed by atoms with Gasteiger partial charge in [-0.1, -0.05) is 24.3 Å². The second-order valence-corrected chi connectivity index (χ2v) is 7.27. The summed E-state index contributed by atoms with van der Waals surface area (Å²) in [6.45, 7) is -0.929. The van der Waals surface area contributed by atoms with Gasteiger partial charge in [-0.05, 0) is 47.7 Å². The number of carboxylic acid groups (broad SMARTS) is 1. The second kappa shape index (κ2) is 9.81. The van der Waals surface area contributed by atoms with E-state index in [1.165, 1.54) is 13.2 Å².